The maximum atomic E-state index is 4.32. The van der Waals surface area contributed by atoms with Crippen LogP contribution >= 0.6 is 15.9 Å². The summed E-state index contributed by atoms with van der Waals surface area (Å²) in [5, 5.41) is 0. The highest BCUT2D eigenvalue weighted by Crippen LogP contribution is 2.22. The Morgan fingerprint density at radius 2 is 1.81 bits per heavy atom. The van der Waals surface area contributed by atoms with Crippen molar-refractivity contribution in [2.75, 3.05) is 0 Å². The molecule has 0 spiro atoms. The summed E-state index contributed by atoms with van der Waals surface area (Å²) in [6, 6.07) is 14.5. The van der Waals surface area contributed by atoms with Gasteiger partial charge in [-0.25, -0.2) is 4.98 Å². The number of nitrogens with zero attached hydrogens (tertiary/aromatic N) is 2. The number of hydrogen-bond donors (Lipinski definition) is 0. The van der Waals surface area contributed by atoms with E-state index >= 15 is 0 Å². The highest BCUT2D eigenvalue weighted by Gasteiger charge is 2.02. The molecule has 2 aromatic heterocycles. The van der Waals surface area contributed by atoms with Crippen LogP contribution in [-0.4, -0.2) is 9.38 Å². The van der Waals surface area contributed by atoms with Crippen LogP contribution in [0.15, 0.2) is 59.5 Å². The maximum absolute atomic E-state index is 4.32. The van der Waals surface area contributed by atoms with Gasteiger partial charge < -0.3 is 0 Å². The molecule has 16 heavy (non-hydrogen) atoms. The van der Waals surface area contributed by atoms with Crippen molar-refractivity contribution in [1.29, 1.82) is 0 Å². The molecule has 2 nitrogen and oxygen atoms in total. The number of halogens is 1. The van der Waals surface area contributed by atoms with E-state index in [0.717, 1.165) is 10.3 Å². The summed E-state index contributed by atoms with van der Waals surface area (Å²) in [5.74, 6) is 0. The zero-order chi connectivity index (χ0) is 11.0. The molecule has 0 saturated carbocycles. The fourth-order valence-electron chi connectivity index (χ4n) is 1.76. The molecule has 0 fully saturated rings. The molecule has 0 aliphatic rings. The molecule has 0 aliphatic heterocycles. The fraction of sp³-hybridized carbons (Fsp3) is 0. The second-order valence-corrected chi connectivity index (χ2v) is 4.40. The summed E-state index contributed by atoms with van der Waals surface area (Å²) < 4.78 is 2.98. The van der Waals surface area contributed by atoms with Crippen molar-refractivity contribution in [3.63, 3.8) is 0 Å². The molecule has 0 radical (unpaired) electrons. The summed E-state index contributed by atoms with van der Waals surface area (Å²) in [6.07, 6.45) is 3.83. The van der Waals surface area contributed by atoms with Gasteiger partial charge in [0.25, 0.3) is 0 Å². The van der Waals surface area contributed by atoms with Gasteiger partial charge in [0.1, 0.15) is 10.3 Å². The van der Waals surface area contributed by atoms with Crippen LogP contribution in [0.5, 0.6) is 0 Å². The summed E-state index contributed by atoms with van der Waals surface area (Å²) in [7, 11) is 0. The van der Waals surface area contributed by atoms with E-state index in [4.69, 9.17) is 0 Å². The molecule has 3 aromatic rings. The molecule has 0 unspecified atom stereocenters. The summed E-state index contributed by atoms with van der Waals surface area (Å²) >= 11 is 3.45. The molecular formula is C13H9BrN2. The van der Waals surface area contributed by atoms with Crippen molar-refractivity contribution in [3.05, 3.63) is 59.5 Å². The quantitative estimate of drug-likeness (QED) is 0.659. The monoisotopic (exact) mass is 272 g/mol. The third kappa shape index (κ3) is 1.53. The van der Waals surface area contributed by atoms with E-state index in [1.54, 1.807) is 0 Å². The fourth-order valence-corrected chi connectivity index (χ4v) is 2.16. The van der Waals surface area contributed by atoms with Gasteiger partial charge in [0.15, 0.2) is 0 Å². The number of fused-ring (bicyclic) bond motifs is 1. The number of aromatic nitrogens is 2. The first-order valence-electron chi connectivity index (χ1n) is 5.02. The first kappa shape index (κ1) is 9.60. The number of benzene rings is 1. The molecule has 1 aromatic carbocycles. The molecule has 0 saturated heterocycles. The molecule has 0 N–H and O–H groups in total. The van der Waals surface area contributed by atoms with Crippen molar-refractivity contribution in [1.82, 2.24) is 9.38 Å². The molecule has 2 heterocycles. The average molecular weight is 273 g/mol. The highest BCUT2D eigenvalue weighted by molar-refractivity contribution is 9.10. The topological polar surface area (TPSA) is 17.3 Å². The highest BCUT2D eigenvalue weighted by atomic mass is 79.9. The van der Waals surface area contributed by atoms with Crippen LogP contribution in [-0.2, 0) is 0 Å². The van der Waals surface area contributed by atoms with Gasteiger partial charge in [0.05, 0.1) is 6.20 Å². The standard InChI is InChI=1S/C13H9BrN2/c14-12-9-15-13-8-11(6-7-16(12)13)10-4-2-1-3-5-10/h1-9H. The van der Waals surface area contributed by atoms with Crippen LogP contribution in [0.4, 0.5) is 0 Å². The first-order valence-corrected chi connectivity index (χ1v) is 5.82. The van der Waals surface area contributed by atoms with Crippen LogP contribution in [0.25, 0.3) is 16.8 Å². The Hall–Kier alpha value is -1.61. The van der Waals surface area contributed by atoms with E-state index in [-0.39, 0.29) is 0 Å². The zero-order valence-electron chi connectivity index (χ0n) is 8.47. The lowest BCUT2D eigenvalue weighted by atomic mass is 10.1. The van der Waals surface area contributed by atoms with Crippen LogP contribution in [0.1, 0.15) is 0 Å². The number of pyridine rings is 1. The summed E-state index contributed by atoms with van der Waals surface area (Å²) in [6.45, 7) is 0. The van der Waals surface area contributed by atoms with Gasteiger partial charge in [-0.3, -0.25) is 4.40 Å². The number of rotatable bonds is 1. The van der Waals surface area contributed by atoms with Crippen molar-refractivity contribution >= 4 is 21.6 Å². The van der Waals surface area contributed by atoms with Crippen molar-refractivity contribution in [2.45, 2.75) is 0 Å². The molecule has 3 rings (SSSR count). The Kier molecular flexibility index (Phi) is 2.26. The largest absolute Gasteiger partial charge is 0.294 e. The van der Waals surface area contributed by atoms with Crippen LogP contribution in [0.2, 0.25) is 0 Å². The van der Waals surface area contributed by atoms with E-state index in [9.17, 15) is 0 Å². The second-order valence-electron chi connectivity index (χ2n) is 3.59. The SMILES string of the molecule is Brc1cnc2cc(-c3ccccc3)ccn12. The van der Waals surface area contributed by atoms with Gasteiger partial charge in [-0.15, -0.1) is 0 Å². The molecule has 3 heteroatoms. The molecule has 0 amide bonds. The Morgan fingerprint density at radius 3 is 2.62 bits per heavy atom. The minimum absolute atomic E-state index is 0.952. The Labute approximate surface area is 102 Å². The normalized spacial score (nSPS) is 10.8. The van der Waals surface area contributed by atoms with Gasteiger partial charge in [-0.05, 0) is 39.2 Å². The van der Waals surface area contributed by atoms with Gasteiger partial charge in [-0.1, -0.05) is 30.3 Å². The Morgan fingerprint density at radius 1 is 1.00 bits per heavy atom. The predicted molar refractivity (Wildman–Crippen MR) is 68.3 cm³/mol. The molecular weight excluding hydrogens is 264 g/mol. The van der Waals surface area contributed by atoms with Crippen molar-refractivity contribution in [2.24, 2.45) is 0 Å². The molecule has 0 atom stereocenters. The van der Waals surface area contributed by atoms with Crippen LogP contribution in [0, 0.1) is 0 Å². The van der Waals surface area contributed by atoms with Gasteiger partial charge in [-0.2, -0.15) is 0 Å². The van der Waals surface area contributed by atoms with E-state index in [0.29, 0.717) is 0 Å². The predicted octanol–water partition coefficient (Wildman–Crippen LogP) is 3.76. The lowest BCUT2D eigenvalue weighted by molar-refractivity contribution is 1.15. The first-order chi connectivity index (χ1) is 7.84. The van der Waals surface area contributed by atoms with Gasteiger partial charge in [0, 0.05) is 6.20 Å². The summed E-state index contributed by atoms with van der Waals surface area (Å²) in [5.41, 5.74) is 3.35. The summed E-state index contributed by atoms with van der Waals surface area (Å²) in [4.78, 5) is 4.32. The average Bonchev–Trinajstić information content (AvgIpc) is 2.72. The number of hydrogen-bond acceptors (Lipinski definition) is 1. The van der Waals surface area contributed by atoms with E-state index in [1.165, 1.54) is 11.1 Å². The molecule has 0 aliphatic carbocycles. The van der Waals surface area contributed by atoms with Gasteiger partial charge in [0.2, 0.25) is 0 Å². The van der Waals surface area contributed by atoms with E-state index < -0.39 is 0 Å². The van der Waals surface area contributed by atoms with E-state index in [2.05, 4.69) is 45.2 Å². The van der Waals surface area contributed by atoms with Crippen molar-refractivity contribution < 1.29 is 0 Å². The number of imidazole rings is 1. The zero-order valence-corrected chi connectivity index (χ0v) is 10.1. The van der Waals surface area contributed by atoms with Crippen LogP contribution < -0.4 is 0 Å². The smallest absolute Gasteiger partial charge is 0.138 e. The minimum Gasteiger partial charge on any atom is -0.294 e. The third-order valence-corrected chi connectivity index (χ3v) is 3.16. The lowest BCUT2D eigenvalue weighted by Gasteiger charge is -2.02. The molecule has 0 bridgehead atoms. The Balaban J connectivity index is 2.19. The Bertz CT molecular complexity index is 629. The third-order valence-electron chi connectivity index (χ3n) is 2.58. The van der Waals surface area contributed by atoms with Crippen LogP contribution in [0.3, 0.4) is 0 Å². The van der Waals surface area contributed by atoms with Crippen molar-refractivity contribution in [3.8, 4) is 11.1 Å². The molecule has 78 valence electrons. The maximum Gasteiger partial charge on any atom is 0.138 e. The lowest BCUT2D eigenvalue weighted by Crippen LogP contribution is -1.85. The second kappa shape index (κ2) is 3.76. The van der Waals surface area contributed by atoms with Gasteiger partial charge >= 0.3 is 0 Å². The van der Waals surface area contributed by atoms with E-state index in [1.807, 2.05) is 35.0 Å². The minimum atomic E-state index is 0.952.